The Kier molecular flexibility index (Phi) is 7.14. The Labute approximate surface area is 108 Å². The number of unbranched alkanes of at least 4 members (excludes halogenated alkanes) is 2. The molecule has 102 valence electrons. The maximum atomic E-state index is 3.78. The van der Waals surface area contributed by atoms with E-state index in [-0.39, 0.29) is 0 Å². The van der Waals surface area contributed by atoms with Crippen LogP contribution in [0.5, 0.6) is 0 Å². The molecule has 1 heterocycles. The predicted molar refractivity (Wildman–Crippen MR) is 76.4 cm³/mol. The van der Waals surface area contributed by atoms with Crippen LogP contribution >= 0.6 is 0 Å². The van der Waals surface area contributed by atoms with E-state index in [9.17, 15) is 0 Å². The zero-order valence-corrected chi connectivity index (χ0v) is 12.1. The van der Waals surface area contributed by atoms with Gasteiger partial charge in [-0.25, -0.2) is 0 Å². The highest BCUT2D eigenvalue weighted by Crippen LogP contribution is 2.31. The molecule has 2 nitrogen and oxygen atoms in total. The predicted octanol–water partition coefficient (Wildman–Crippen LogP) is 3.32. The number of piperidine rings is 1. The first-order valence-electron chi connectivity index (χ1n) is 7.66. The maximum Gasteiger partial charge on any atom is 0.00389 e. The van der Waals surface area contributed by atoms with E-state index < -0.39 is 0 Å². The molecule has 2 heteroatoms. The SMILES string of the molecule is CCCCCC(C)NCC1(CC)CCNCC1. The van der Waals surface area contributed by atoms with Gasteiger partial charge in [0.1, 0.15) is 0 Å². The first-order chi connectivity index (χ1) is 8.22. The van der Waals surface area contributed by atoms with Gasteiger partial charge in [-0.3, -0.25) is 0 Å². The Morgan fingerprint density at radius 2 is 1.88 bits per heavy atom. The smallest absolute Gasteiger partial charge is 0.00389 e. The van der Waals surface area contributed by atoms with Gasteiger partial charge in [0.15, 0.2) is 0 Å². The van der Waals surface area contributed by atoms with Crippen LogP contribution < -0.4 is 10.6 Å². The molecule has 0 spiro atoms. The van der Waals surface area contributed by atoms with Crippen LogP contribution in [0, 0.1) is 5.41 Å². The Morgan fingerprint density at radius 3 is 2.47 bits per heavy atom. The van der Waals surface area contributed by atoms with Gasteiger partial charge in [0.25, 0.3) is 0 Å². The summed E-state index contributed by atoms with van der Waals surface area (Å²) < 4.78 is 0. The molecule has 1 unspecified atom stereocenters. The van der Waals surface area contributed by atoms with E-state index in [1.165, 1.54) is 64.6 Å². The van der Waals surface area contributed by atoms with Crippen LogP contribution in [0.1, 0.15) is 65.7 Å². The minimum absolute atomic E-state index is 0.574. The lowest BCUT2D eigenvalue weighted by atomic mass is 9.76. The summed E-state index contributed by atoms with van der Waals surface area (Å²) in [5, 5.41) is 7.25. The average Bonchev–Trinajstić information content (AvgIpc) is 2.38. The minimum atomic E-state index is 0.574. The van der Waals surface area contributed by atoms with Gasteiger partial charge in [-0.15, -0.1) is 0 Å². The van der Waals surface area contributed by atoms with E-state index in [0.717, 1.165) is 0 Å². The van der Waals surface area contributed by atoms with E-state index in [2.05, 4.69) is 31.4 Å². The van der Waals surface area contributed by atoms with Gasteiger partial charge >= 0.3 is 0 Å². The normalized spacial score (nSPS) is 21.4. The Balaban J connectivity index is 2.21. The van der Waals surface area contributed by atoms with Crippen molar-refractivity contribution < 1.29 is 0 Å². The largest absolute Gasteiger partial charge is 0.317 e. The van der Waals surface area contributed by atoms with Crippen LogP contribution in [-0.4, -0.2) is 25.7 Å². The summed E-state index contributed by atoms with van der Waals surface area (Å²) in [5.74, 6) is 0. The van der Waals surface area contributed by atoms with Crippen molar-refractivity contribution in [1.29, 1.82) is 0 Å². The summed E-state index contributed by atoms with van der Waals surface area (Å²) in [6.07, 6.45) is 9.45. The lowest BCUT2D eigenvalue weighted by Crippen LogP contribution is -2.44. The van der Waals surface area contributed by atoms with Crippen molar-refractivity contribution in [3.63, 3.8) is 0 Å². The van der Waals surface area contributed by atoms with Crippen molar-refractivity contribution in [2.24, 2.45) is 5.41 Å². The molecule has 0 amide bonds. The van der Waals surface area contributed by atoms with E-state index in [0.29, 0.717) is 11.5 Å². The zero-order valence-electron chi connectivity index (χ0n) is 12.1. The molecule has 1 aliphatic rings. The molecule has 1 saturated heterocycles. The quantitative estimate of drug-likeness (QED) is 0.636. The van der Waals surface area contributed by atoms with Gasteiger partial charge in [-0.1, -0.05) is 33.1 Å². The number of rotatable bonds is 8. The fourth-order valence-corrected chi connectivity index (χ4v) is 2.81. The van der Waals surface area contributed by atoms with Crippen molar-refractivity contribution in [2.45, 2.75) is 71.8 Å². The van der Waals surface area contributed by atoms with Crippen molar-refractivity contribution in [2.75, 3.05) is 19.6 Å². The van der Waals surface area contributed by atoms with Crippen LogP contribution in [0.2, 0.25) is 0 Å². The van der Waals surface area contributed by atoms with E-state index in [1.54, 1.807) is 0 Å². The summed E-state index contributed by atoms with van der Waals surface area (Å²) in [6, 6.07) is 0.694. The number of nitrogens with one attached hydrogen (secondary N) is 2. The van der Waals surface area contributed by atoms with Crippen molar-refractivity contribution in [3.8, 4) is 0 Å². The summed E-state index contributed by atoms with van der Waals surface area (Å²) in [5.41, 5.74) is 0.574. The summed E-state index contributed by atoms with van der Waals surface area (Å²) >= 11 is 0. The molecule has 0 radical (unpaired) electrons. The number of hydrogen-bond donors (Lipinski definition) is 2. The third-order valence-corrected chi connectivity index (χ3v) is 4.48. The molecule has 0 bridgehead atoms. The first kappa shape index (κ1) is 15.0. The number of hydrogen-bond acceptors (Lipinski definition) is 2. The van der Waals surface area contributed by atoms with Gasteiger partial charge in [0.2, 0.25) is 0 Å². The molecule has 0 saturated carbocycles. The monoisotopic (exact) mass is 240 g/mol. The molecule has 1 aliphatic heterocycles. The van der Waals surface area contributed by atoms with E-state index in [4.69, 9.17) is 0 Å². The van der Waals surface area contributed by atoms with Gasteiger partial charge in [0, 0.05) is 12.6 Å². The second kappa shape index (κ2) is 8.10. The van der Waals surface area contributed by atoms with E-state index in [1.807, 2.05) is 0 Å². The minimum Gasteiger partial charge on any atom is -0.317 e. The lowest BCUT2D eigenvalue weighted by Gasteiger charge is -2.38. The molecule has 0 aromatic rings. The van der Waals surface area contributed by atoms with Crippen LogP contribution in [0.15, 0.2) is 0 Å². The maximum absolute atomic E-state index is 3.78. The van der Waals surface area contributed by atoms with Crippen molar-refractivity contribution in [3.05, 3.63) is 0 Å². The summed E-state index contributed by atoms with van der Waals surface area (Å²) in [7, 11) is 0. The molecular weight excluding hydrogens is 208 g/mol. The lowest BCUT2D eigenvalue weighted by molar-refractivity contribution is 0.179. The molecule has 0 aromatic heterocycles. The summed E-state index contributed by atoms with van der Waals surface area (Å²) in [4.78, 5) is 0. The molecule has 0 aromatic carbocycles. The molecule has 2 N–H and O–H groups in total. The molecule has 1 rings (SSSR count). The molecular formula is C15H32N2. The van der Waals surface area contributed by atoms with Crippen molar-refractivity contribution in [1.82, 2.24) is 10.6 Å². The topological polar surface area (TPSA) is 24.1 Å². The standard InChI is InChI=1S/C15H32N2/c1-4-6-7-8-14(3)17-13-15(5-2)9-11-16-12-10-15/h14,16-17H,4-13H2,1-3H3. The van der Waals surface area contributed by atoms with Crippen LogP contribution in [0.3, 0.4) is 0 Å². The van der Waals surface area contributed by atoms with Gasteiger partial charge in [-0.2, -0.15) is 0 Å². The third kappa shape index (κ3) is 5.39. The molecule has 1 fully saturated rings. The molecule has 0 aliphatic carbocycles. The van der Waals surface area contributed by atoms with Crippen molar-refractivity contribution >= 4 is 0 Å². The van der Waals surface area contributed by atoms with Crippen LogP contribution in [-0.2, 0) is 0 Å². The van der Waals surface area contributed by atoms with Crippen LogP contribution in [0.25, 0.3) is 0 Å². The van der Waals surface area contributed by atoms with E-state index >= 15 is 0 Å². The third-order valence-electron chi connectivity index (χ3n) is 4.48. The van der Waals surface area contributed by atoms with Gasteiger partial charge < -0.3 is 10.6 Å². The molecule has 1 atom stereocenters. The fourth-order valence-electron chi connectivity index (χ4n) is 2.81. The first-order valence-corrected chi connectivity index (χ1v) is 7.66. The highest BCUT2D eigenvalue weighted by atomic mass is 14.9. The fraction of sp³-hybridized carbons (Fsp3) is 1.00. The second-order valence-electron chi connectivity index (χ2n) is 5.88. The summed E-state index contributed by atoms with van der Waals surface area (Å²) in [6.45, 7) is 10.6. The Hall–Kier alpha value is -0.0800. The second-order valence-corrected chi connectivity index (χ2v) is 5.88. The molecule has 17 heavy (non-hydrogen) atoms. The Bertz CT molecular complexity index is 185. The highest BCUT2D eigenvalue weighted by Gasteiger charge is 2.29. The Morgan fingerprint density at radius 1 is 1.18 bits per heavy atom. The average molecular weight is 240 g/mol. The van der Waals surface area contributed by atoms with Crippen LogP contribution in [0.4, 0.5) is 0 Å². The zero-order chi connectivity index (χ0) is 12.6. The highest BCUT2D eigenvalue weighted by molar-refractivity contribution is 4.86. The van der Waals surface area contributed by atoms with Gasteiger partial charge in [0.05, 0.1) is 0 Å². The van der Waals surface area contributed by atoms with Gasteiger partial charge in [-0.05, 0) is 51.1 Å².